The minimum atomic E-state index is -0.591. The fraction of sp³-hybridized carbons (Fsp3) is 0.0556. The number of rotatable bonds is 4. The van der Waals surface area contributed by atoms with E-state index in [1.807, 2.05) is 12.1 Å². The summed E-state index contributed by atoms with van der Waals surface area (Å²) in [4.78, 5) is 19.8. The monoisotopic (exact) mass is 307 g/mol. The van der Waals surface area contributed by atoms with Crippen LogP contribution in [0.1, 0.15) is 21.6 Å². The summed E-state index contributed by atoms with van der Waals surface area (Å²) in [5.41, 5.74) is 8.56. The van der Waals surface area contributed by atoms with Crippen molar-refractivity contribution in [3.05, 3.63) is 83.6 Å². The van der Waals surface area contributed by atoms with Gasteiger partial charge in [-0.05, 0) is 47.9 Å². The Labute approximate surface area is 132 Å². The zero-order chi connectivity index (χ0) is 16.2. The number of halogens is 1. The Kier molecular flexibility index (Phi) is 4.10. The largest absolute Gasteiger partial charge is 0.364 e. The first-order valence-corrected chi connectivity index (χ1v) is 7.08. The Bertz CT molecular complexity index is 847. The van der Waals surface area contributed by atoms with Crippen LogP contribution in [0.3, 0.4) is 0 Å². The third kappa shape index (κ3) is 3.40. The second-order valence-electron chi connectivity index (χ2n) is 5.12. The second kappa shape index (κ2) is 6.36. The number of hydrogen-bond donors (Lipinski definition) is 1. The zero-order valence-electron chi connectivity index (χ0n) is 12.2. The number of hydrogen-bond acceptors (Lipinski definition) is 3. The second-order valence-corrected chi connectivity index (χ2v) is 5.12. The minimum absolute atomic E-state index is 0.192. The number of nitrogens with two attached hydrogens (primary N) is 1. The van der Waals surface area contributed by atoms with Gasteiger partial charge in [0.1, 0.15) is 11.5 Å². The van der Waals surface area contributed by atoms with Gasteiger partial charge in [-0.1, -0.05) is 18.2 Å². The third-order valence-electron chi connectivity index (χ3n) is 3.44. The maximum Gasteiger partial charge on any atom is 0.268 e. The van der Waals surface area contributed by atoms with Crippen molar-refractivity contribution in [3.8, 4) is 11.3 Å². The summed E-state index contributed by atoms with van der Waals surface area (Å²) in [5, 5.41) is 0. The van der Waals surface area contributed by atoms with Crippen molar-refractivity contribution in [1.82, 2.24) is 9.97 Å². The quantitative estimate of drug-likeness (QED) is 0.805. The van der Waals surface area contributed by atoms with Crippen LogP contribution in [0.4, 0.5) is 4.39 Å². The van der Waals surface area contributed by atoms with Gasteiger partial charge in [0, 0.05) is 18.0 Å². The molecular weight excluding hydrogens is 293 g/mol. The molecule has 0 aliphatic carbocycles. The SMILES string of the molecule is NC(=O)c1ncccc1-c1ccc(Cc2cccc(F)c2)cn1. The van der Waals surface area contributed by atoms with Gasteiger partial charge in [0.2, 0.25) is 0 Å². The lowest BCUT2D eigenvalue weighted by Gasteiger charge is -2.06. The van der Waals surface area contributed by atoms with Crippen molar-refractivity contribution in [2.45, 2.75) is 6.42 Å². The van der Waals surface area contributed by atoms with Crippen molar-refractivity contribution in [2.24, 2.45) is 5.73 Å². The van der Waals surface area contributed by atoms with E-state index in [0.29, 0.717) is 17.7 Å². The Hall–Kier alpha value is -3.08. The molecule has 2 heterocycles. The summed E-state index contributed by atoms with van der Waals surface area (Å²) in [5.74, 6) is -0.847. The Balaban J connectivity index is 1.87. The molecule has 0 aliphatic heterocycles. The van der Waals surface area contributed by atoms with Crippen LogP contribution in [0.15, 0.2) is 60.9 Å². The highest BCUT2D eigenvalue weighted by atomic mass is 19.1. The van der Waals surface area contributed by atoms with Gasteiger partial charge in [-0.25, -0.2) is 4.39 Å². The van der Waals surface area contributed by atoms with Crippen LogP contribution >= 0.6 is 0 Å². The minimum Gasteiger partial charge on any atom is -0.364 e. The van der Waals surface area contributed by atoms with E-state index in [0.717, 1.165) is 11.1 Å². The van der Waals surface area contributed by atoms with Crippen LogP contribution in [0, 0.1) is 5.82 Å². The molecule has 0 aliphatic rings. The lowest BCUT2D eigenvalue weighted by Crippen LogP contribution is -2.14. The lowest BCUT2D eigenvalue weighted by atomic mass is 10.0. The maximum absolute atomic E-state index is 13.2. The molecule has 0 unspecified atom stereocenters. The molecule has 2 N–H and O–H groups in total. The molecule has 3 rings (SSSR count). The van der Waals surface area contributed by atoms with Gasteiger partial charge in [0.25, 0.3) is 5.91 Å². The molecule has 1 aromatic carbocycles. The molecule has 3 aromatic rings. The molecular formula is C18H14FN3O. The first-order valence-electron chi connectivity index (χ1n) is 7.08. The molecule has 0 radical (unpaired) electrons. The predicted octanol–water partition coefficient (Wildman–Crippen LogP) is 2.97. The van der Waals surface area contributed by atoms with E-state index in [1.165, 1.54) is 18.3 Å². The molecule has 0 spiro atoms. The Morgan fingerprint density at radius 3 is 2.61 bits per heavy atom. The van der Waals surface area contributed by atoms with Gasteiger partial charge in [-0.15, -0.1) is 0 Å². The van der Waals surface area contributed by atoms with Gasteiger partial charge in [-0.3, -0.25) is 14.8 Å². The highest BCUT2D eigenvalue weighted by Gasteiger charge is 2.11. The van der Waals surface area contributed by atoms with E-state index in [2.05, 4.69) is 9.97 Å². The van der Waals surface area contributed by atoms with Crippen LogP contribution in [-0.2, 0) is 6.42 Å². The molecule has 5 heteroatoms. The topological polar surface area (TPSA) is 68.9 Å². The number of primary amides is 1. The van der Waals surface area contributed by atoms with E-state index < -0.39 is 5.91 Å². The molecule has 1 amide bonds. The number of pyridine rings is 2. The van der Waals surface area contributed by atoms with Crippen LogP contribution in [0.25, 0.3) is 11.3 Å². The van der Waals surface area contributed by atoms with Crippen LogP contribution in [0.2, 0.25) is 0 Å². The molecule has 2 aromatic heterocycles. The van der Waals surface area contributed by atoms with Crippen molar-refractivity contribution >= 4 is 5.91 Å². The number of nitrogens with zero attached hydrogens (tertiary/aromatic N) is 2. The number of aromatic nitrogens is 2. The summed E-state index contributed by atoms with van der Waals surface area (Å²) in [6.07, 6.45) is 3.81. The third-order valence-corrected chi connectivity index (χ3v) is 3.44. The summed E-state index contributed by atoms with van der Waals surface area (Å²) < 4.78 is 13.2. The van der Waals surface area contributed by atoms with Crippen LogP contribution in [-0.4, -0.2) is 15.9 Å². The number of carbonyl (C=O) groups excluding carboxylic acids is 1. The average Bonchev–Trinajstić information content (AvgIpc) is 2.55. The molecule has 0 atom stereocenters. The van der Waals surface area contributed by atoms with Gasteiger partial charge in [0.05, 0.1) is 5.69 Å². The van der Waals surface area contributed by atoms with Crippen molar-refractivity contribution in [1.29, 1.82) is 0 Å². The summed E-state index contributed by atoms with van der Waals surface area (Å²) in [6.45, 7) is 0. The van der Waals surface area contributed by atoms with Crippen LogP contribution in [0.5, 0.6) is 0 Å². The van der Waals surface area contributed by atoms with Crippen molar-refractivity contribution in [2.75, 3.05) is 0 Å². The number of carbonyl (C=O) groups is 1. The van der Waals surface area contributed by atoms with Crippen molar-refractivity contribution in [3.63, 3.8) is 0 Å². The molecule has 114 valence electrons. The predicted molar refractivity (Wildman–Crippen MR) is 85.2 cm³/mol. The molecule has 0 bridgehead atoms. The first-order chi connectivity index (χ1) is 11.1. The number of benzene rings is 1. The molecule has 0 saturated carbocycles. The van der Waals surface area contributed by atoms with Gasteiger partial charge in [-0.2, -0.15) is 0 Å². The molecule has 23 heavy (non-hydrogen) atoms. The summed E-state index contributed by atoms with van der Waals surface area (Å²) in [7, 11) is 0. The lowest BCUT2D eigenvalue weighted by molar-refractivity contribution is 0.0996. The highest BCUT2D eigenvalue weighted by molar-refractivity contribution is 5.97. The van der Waals surface area contributed by atoms with E-state index in [1.54, 1.807) is 30.5 Å². The van der Waals surface area contributed by atoms with E-state index in [9.17, 15) is 9.18 Å². The van der Waals surface area contributed by atoms with E-state index in [-0.39, 0.29) is 11.5 Å². The average molecular weight is 307 g/mol. The van der Waals surface area contributed by atoms with Gasteiger partial charge >= 0.3 is 0 Å². The molecule has 0 saturated heterocycles. The highest BCUT2D eigenvalue weighted by Crippen LogP contribution is 2.20. The summed E-state index contributed by atoms with van der Waals surface area (Å²) >= 11 is 0. The van der Waals surface area contributed by atoms with Gasteiger partial charge in [0.15, 0.2) is 0 Å². The molecule has 4 nitrogen and oxygen atoms in total. The molecule has 0 fully saturated rings. The van der Waals surface area contributed by atoms with Gasteiger partial charge < -0.3 is 5.73 Å². The zero-order valence-corrected chi connectivity index (χ0v) is 12.2. The van der Waals surface area contributed by atoms with E-state index in [4.69, 9.17) is 5.73 Å². The number of amides is 1. The fourth-order valence-corrected chi connectivity index (χ4v) is 2.38. The Morgan fingerprint density at radius 2 is 1.91 bits per heavy atom. The van der Waals surface area contributed by atoms with E-state index >= 15 is 0 Å². The first kappa shape index (κ1) is 14.8. The van der Waals surface area contributed by atoms with Crippen molar-refractivity contribution < 1.29 is 9.18 Å². The fourth-order valence-electron chi connectivity index (χ4n) is 2.38. The summed E-state index contributed by atoms with van der Waals surface area (Å²) in [6, 6.07) is 13.6. The smallest absolute Gasteiger partial charge is 0.268 e. The standard InChI is InChI=1S/C18H14FN3O/c19-14-4-1-3-12(10-14)9-13-6-7-16(22-11-13)15-5-2-8-21-17(15)18(20)23/h1-8,10-11H,9H2,(H2,20,23). The Morgan fingerprint density at radius 1 is 1.04 bits per heavy atom. The maximum atomic E-state index is 13.2. The normalized spacial score (nSPS) is 10.5. The van der Waals surface area contributed by atoms with Crippen LogP contribution < -0.4 is 5.73 Å².